The average Bonchev–Trinajstić information content (AvgIpc) is 3.05. The zero-order chi connectivity index (χ0) is 25.7. The van der Waals surface area contributed by atoms with Crippen LogP contribution in [-0.4, -0.2) is 48.7 Å². The predicted molar refractivity (Wildman–Crippen MR) is 139 cm³/mol. The van der Waals surface area contributed by atoms with Crippen molar-refractivity contribution in [3.05, 3.63) is 82.8 Å². The summed E-state index contributed by atoms with van der Waals surface area (Å²) in [7, 11) is -2.12. The lowest BCUT2D eigenvalue weighted by atomic mass is 10.2. The normalized spacial score (nSPS) is 20.5. The van der Waals surface area contributed by atoms with Crippen molar-refractivity contribution < 1.29 is 28.6 Å². The first-order valence-corrected chi connectivity index (χ1v) is 13.5. The van der Waals surface area contributed by atoms with Gasteiger partial charge in [0.1, 0.15) is 11.5 Å². The molecule has 11 heteroatoms. The second kappa shape index (κ2) is 11.8. The van der Waals surface area contributed by atoms with Crippen molar-refractivity contribution in [1.82, 2.24) is 4.67 Å². The lowest BCUT2D eigenvalue weighted by Gasteiger charge is -2.29. The maximum absolute atomic E-state index is 14.2. The fraction of sp³-hybridized carbons (Fsp3) is 0.240. The van der Waals surface area contributed by atoms with Crippen molar-refractivity contribution in [3.8, 4) is 11.5 Å². The molecule has 1 fully saturated rings. The molecule has 1 saturated heterocycles. The van der Waals surface area contributed by atoms with Gasteiger partial charge in [-0.25, -0.2) is 4.67 Å². The molecule has 2 unspecified atom stereocenters. The molecule has 0 bridgehead atoms. The Bertz CT molecular complexity index is 1220. The number of nitrogens with zero attached hydrogens (tertiary/aromatic N) is 2. The number of methoxy groups -OCH3 is 1. The van der Waals surface area contributed by atoms with Gasteiger partial charge in [0.05, 0.1) is 30.2 Å². The number of hydrogen-bond donors (Lipinski definition) is 1. The van der Waals surface area contributed by atoms with Gasteiger partial charge in [-0.1, -0.05) is 23.2 Å². The van der Waals surface area contributed by atoms with E-state index in [1.165, 1.54) is 16.8 Å². The van der Waals surface area contributed by atoms with Crippen molar-refractivity contribution in [1.29, 1.82) is 0 Å². The fourth-order valence-corrected chi connectivity index (χ4v) is 6.13. The van der Waals surface area contributed by atoms with Crippen LogP contribution >= 0.6 is 30.7 Å². The molecule has 0 aliphatic carbocycles. The monoisotopic (exact) mass is 550 g/mol. The van der Waals surface area contributed by atoms with Gasteiger partial charge >= 0.3 is 7.52 Å². The van der Waals surface area contributed by atoms with Crippen molar-refractivity contribution in [2.24, 2.45) is 0 Å². The van der Waals surface area contributed by atoms with Crippen molar-refractivity contribution in [2.45, 2.75) is 12.5 Å². The van der Waals surface area contributed by atoms with E-state index in [0.717, 1.165) is 0 Å². The minimum atomic E-state index is -3.67. The highest BCUT2D eigenvalue weighted by Crippen LogP contribution is 2.51. The van der Waals surface area contributed by atoms with Crippen LogP contribution in [0.15, 0.2) is 72.8 Å². The van der Waals surface area contributed by atoms with Crippen LogP contribution in [0, 0.1) is 0 Å². The zero-order valence-corrected chi connectivity index (χ0v) is 21.8. The number of hydrogen-bond acceptors (Lipinski definition) is 6. The molecule has 8 nitrogen and oxygen atoms in total. The molecule has 0 spiro atoms. The molecule has 36 heavy (non-hydrogen) atoms. The first-order chi connectivity index (χ1) is 17.3. The van der Waals surface area contributed by atoms with Crippen LogP contribution in [0.25, 0.3) is 0 Å². The lowest BCUT2D eigenvalue weighted by molar-refractivity contribution is -0.123. The van der Waals surface area contributed by atoms with Crippen LogP contribution in [0.4, 0.5) is 5.69 Å². The number of carbonyl (C=O) groups excluding carboxylic acids is 1. The molecule has 1 heterocycles. The summed E-state index contributed by atoms with van der Waals surface area (Å²) in [6.07, 6.45) is 0.213. The van der Waals surface area contributed by atoms with Crippen molar-refractivity contribution in [3.63, 3.8) is 0 Å². The largest absolute Gasteiger partial charge is 0.457 e. The molecule has 0 aromatic heterocycles. The smallest absolute Gasteiger partial charge is 0.302 e. The van der Waals surface area contributed by atoms with E-state index in [-0.39, 0.29) is 31.5 Å². The molecule has 1 N–H and O–H groups in total. The summed E-state index contributed by atoms with van der Waals surface area (Å²) in [5.74, 6) is 0.466. The molecule has 190 valence electrons. The topological polar surface area (TPSA) is 88.5 Å². The summed E-state index contributed by atoms with van der Waals surface area (Å²) in [5, 5.41) is 12.4. The highest BCUT2D eigenvalue weighted by Gasteiger charge is 2.39. The summed E-state index contributed by atoms with van der Waals surface area (Å²) >= 11 is 11.8. The van der Waals surface area contributed by atoms with Gasteiger partial charge in [-0.05, 0) is 79.2 Å². The SMILES string of the molecule is COC1CCN(CC(=O)N(O)c2ccc(Cl)cc2)P(=O)(c2ccc(Oc3ccc(Cl)cc3)cc2)OC1. The molecule has 0 radical (unpaired) electrons. The van der Waals surface area contributed by atoms with E-state index in [1.807, 2.05) is 0 Å². The second-order valence-corrected chi connectivity index (χ2v) is 11.3. The van der Waals surface area contributed by atoms with E-state index in [9.17, 15) is 14.6 Å². The van der Waals surface area contributed by atoms with E-state index in [4.69, 9.17) is 37.2 Å². The second-order valence-electron chi connectivity index (χ2n) is 8.08. The van der Waals surface area contributed by atoms with Crippen molar-refractivity contribution >= 4 is 47.6 Å². The molecule has 3 aromatic carbocycles. The van der Waals surface area contributed by atoms with Gasteiger partial charge in [-0.15, -0.1) is 0 Å². The highest BCUT2D eigenvalue weighted by atomic mass is 35.5. The molecule has 1 amide bonds. The lowest BCUT2D eigenvalue weighted by Crippen LogP contribution is -2.39. The fourth-order valence-electron chi connectivity index (χ4n) is 3.66. The predicted octanol–water partition coefficient (Wildman–Crippen LogP) is 5.76. The van der Waals surface area contributed by atoms with E-state index in [0.29, 0.717) is 38.3 Å². The summed E-state index contributed by atoms with van der Waals surface area (Å²) in [5.41, 5.74) is 0.244. The Balaban J connectivity index is 1.55. The van der Waals surface area contributed by atoms with Crippen LogP contribution < -0.4 is 15.1 Å². The molecule has 1 aliphatic heterocycles. The molecule has 1 aliphatic rings. The van der Waals surface area contributed by atoms with Gasteiger partial charge < -0.3 is 14.0 Å². The third-order valence-corrected chi connectivity index (χ3v) is 8.73. The summed E-state index contributed by atoms with van der Waals surface area (Å²) < 4.78 is 32.8. The van der Waals surface area contributed by atoms with E-state index < -0.39 is 13.4 Å². The minimum Gasteiger partial charge on any atom is -0.457 e. The van der Waals surface area contributed by atoms with Crippen LogP contribution in [-0.2, 0) is 18.6 Å². The standard InChI is InChI=1S/C25H25Cl2N2O6P/c1-33-23-14-15-28(16-25(30)29(31)20-6-2-18(26)3-7-20)36(32,34-17-23)24-12-10-22(11-13-24)35-21-8-4-19(27)5-9-21/h2-13,23,31H,14-17H2,1H3. The van der Waals surface area contributed by atoms with Gasteiger partial charge in [0.25, 0.3) is 5.91 Å². The molecular weight excluding hydrogens is 526 g/mol. The number of benzene rings is 3. The molecular formula is C25H25Cl2N2O6P. The van der Waals surface area contributed by atoms with Gasteiger partial charge in [0, 0.05) is 23.7 Å². The van der Waals surface area contributed by atoms with Gasteiger partial charge in [0.15, 0.2) is 0 Å². The Morgan fingerprint density at radius 1 is 1.03 bits per heavy atom. The quantitative estimate of drug-likeness (QED) is 0.227. The van der Waals surface area contributed by atoms with E-state index in [2.05, 4.69) is 0 Å². The molecule has 4 rings (SSSR count). The zero-order valence-electron chi connectivity index (χ0n) is 19.4. The van der Waals surface area contributed by atoms with Crippen LogP contribution in [0.2, 0.25) is 10.0 Å². The van der Waals surface area contributed by atoms with Crippen molar-refractivity contribution in [2.75, 3.05) is 31.9 Å². The third kappa shape index (κ3) is 6.28. The molecule has 2 atom stereocenters. The Hall–Kier alpha value is -2.42. The summed E-state index contributed by atoms with van der Waals surface area (Å²) in [6, 6.07) is 19.7. The van der Waals surface area contributed by atoms with E-state index in [1.54, 1.807) is 67.8 Å². The number of rotatable bonds is 7. The molecule has 3 aromatic rings. The number of halogens is 2. The van der Waals surface area contributed by atoms with Gasteiger partial charge in [-0.2, -0.15) is 5.06 Å². The number of carbonyl (C=O) groups is 1. The Kier molecular flexibility index (Phi) is 8.70. The number of amides is 1. The average molecular weight is 551 g/mol. The Labute approximate surface area is 219 Å². The third-order valence-electron chi connectivity index (χ3n) is 5.69. The first kappa shape index (κ1) is 26.6. The Morgan fingerprint density at radius 2 is 1.58 bits per heavy atom. The van der Waals surface area contributed by atoms with Crippen LogP contribution in [0.3, 0.4) is 0 Å². The van der Waals surface area contributed by atoms with Gasteiger partial charge in [-0.3, -0.25) is 14.6 Å². The number of ether oxygens (including phenoxy) is 2. The Morgan fingerprint density at radius 3 is 2.17 bits per heavy atom. The first-order valence-electron chi connectivity index (χ1n) is 11.1. The minimum absolute atomic E-state index is 0.0987. The van der Waals surface area contributed by atoms with Crippen LogP contribution in [0.1, 0.15) is 6.42 Å². The number of anilines is 1. The highest BCUT2D eigenvalue weighted by molar-refractivity contribution is 7.64. The van der Waals surface area contributed by atoms with Crippen LogP contribution in [0.5, 0.6) is 11.5 Å². The molecule has 0 saturated carbocycles. The number of hydroxylamine groups is 1. The maximum Gasteiger partial charge on any atom is 0.302 e. The summed E-state index contributed by atoms with van der Waals surface area (Å²) in [4.78, 5) is 12.9. The maximum atomic E-state index is 14.2. The summed E-state index contributed by atoms with van der Waals surface area (Å²) in [6.45, 7) is 0.0242. The van der Waals surface area contributed by atoms with Gasteiger partial charge in [0.2, 0.25) is 0 Å². The van der Waals surface area contributed by atoms with E-state index >= 15 is 0 Å².